The van der Waals surface area contributed by atoms with Crippen LogP contribution in [0.5, 0.6) is 0 Å². The Hall–Kier alpha value is -1.36. The highest BCUT2D eigenvalue weighted by Crippen LogP contribution is 2.49. The molecular formula is C12H17NO4. The molecular weight excluding hydrogens is 222 g/mol. The van der Waals surface area contributed by atoms with E-state index in [1.165, 1.54) is 14.2 Å². The van der Waals surface area contributed by atoms with Gasteiger partial charge in [0.1, 0.15) is 0 Å². The number of ether oxygens (including phenoxy) is 2. The van der Waals surface area contributed by atoms with Gasteiger partial charge < -0.3 is 9.47 Å². The minimum atomic E-state index is -0.500. The standard InChI is InChI=1S/C12H17NO4/c1-12-6-5-7(13(12)2)8(10(14)16-3)9(12)11(15)17-4/h5-9H,1-4H3. The molecule has 2 aliphatic heterocycles. The molecule has 0 saturated carbocycles. The number of hydrogen-bond donors (Lipinski definition) is 0. The second kappa shape index (κ2) is 3.84. The molecule has 2 rings (SSSR count). The average molecular weight is 239 g/mol. The number of hydrogen-bond acceptors (Lipinski definition) is 5. The highest BCUT2D eigenvalue weighted by Gasteiger charge is 2.62. The van der Waals surface area contributed by atoms with E-state index in [4.69, 9.17) is 9.47 Å². The van der Waals surface area contributed by atoms with E-state index in [-0.39, 0.29) is 18.0 Å². The topological polar surface area (TPSA) is 55.8 Å². The first kappa shape index (κ1) is 12.1. The third-order valence-electron chi connectivity index (χ3n) is 4.12. The van der Waals surface area contributed by atoms with Gasteiger partial charge in [0.15, 0.2) is 0 Å². The quantitative estimate of drug-likeness (QED) is 0.509. The van der Waals surface area contributed by atoms with Gasteiger partial charge in [-0.1, -0.05) is 12.2 Å². The molecule has 0 N–H and O–H groups in total. The summed E-state index contributed by atoms with van der Waals surface area (Å²) in [5.41, 5.74) is -0.462. The number of rotatable bonds is 2. The van der Waals surface area contributed by atoms with Gasteiger partial charge in [0.2, 0.25) is 0 Å². The highest BCUT2D eigenvalue weighted by molar-refractivity contribution is 5.86. The fourth-order valence-corrected chi connectivity index (χ4v) is 3.03. The van der Waals surface area contributed by atoms with Crippen LogP contribution >= 0.6 is 0 Å². The van der Waals surface area contributed by atoms with Crippen LogP contribution in [0.1, 0.15) is 6.92 Å². The van der Waals surface area contributed by atoms with Gasteiger partial charge in [-0.25, -0.2) is 0 Å². The summed E-state index contributed by atoms with van der Waals surface area (Å²) in [6, 6.07) is -0.0865. The molecule has 4 atom stereocenters. The number of likely N-dealkylation sites (N-methyl/N-ethyl adjacent to an activating group) is 1. The van der Waals surface area contributed by atoms with Crippen LogP contribution in [0.3, 0.4) is 0 Å². The smallest absolute Gasteiger partial charge is 0.311 e. The highest BCUT2D eigenvalue weighted by atomic mass is 16.5. The van der Waals surface area contributed by atoms with Crippen molar-refractivity contribution in [3.8, 4) is 0 Å². The van der Waals surface area contributed by atoms with Crippen LogP contribution in [-0.4, -0.2) is 49.7 Å². The molecule has 94 valence electrons. The van der Waals surface area contributed by atoms with Crippen LogP contribution in [0.15, 0.2) is 12.2 Å². The van der Waals surface area contributed by atoms with E-state index >= 15 is 0 Å². The Labute approximate surface area is 100 Å². The predicted molar refractivity (Wildman–Crippen MR) is 60.1 cm³/mol. The second-order valence-corrected chi connectivity index (χ2v) is 4.74. The summed E-state index contributed by atoms with van der Waals surface area (Å²) in [6.45, 7) is 1.94. The van der Waals surface area contributed by atoms with Crippen molar-refractivity contribution in [2.45, 2.75) is 18.5 Å². The molecule has 1 fully saturated rings. The van der Waals surface area contributed by atoms with Crippen molar-refractivity contribution >= 4 is 11.9 Å². The molecule has 2 heterocycles. The number of nitrogens with zero attached hydrogens (tertiary/aromatic N) is 1. The first-order chi connectivity index (χ1) is 7.97. The Morgan fingerprint density at radius 1 is 1.24 bits per heavy atom. The fraction of sp³-hybridized carbons (Fsp3) is 0.667. The molecule has 0 spiro atoms. The Morgan fingerprint density at radius 2 is 1.82 bits per heavy atom. The Morgan fingerprint density at radius 3 is 2.35 bits per heavy atom. The van der Waals surface area contributed by atoms with E-state index in [0.29, 0.717) is 0 Å². The van der Waals surface area contributed by atoms with Crippen LogP contribution in [-0.2, 0) is 19.1 Å². The van der Waals surface area contributed by atoms with Gasteiger partial charge >= 0.3 is 11.9 Å². The summed E-state index contributed by atoms with van der Waals surface area (Å²) in [6.07, 6.45) is 3.93. The van der Waals surface area contributed by atoms with E-state index in [9.17, 15) is 9.59 Å². The maximum Gasteiger partial charge on any atom is 0.311 e. The SMILES string of the molecule is COC(=O)C1C2C=CC(C)(C1C(=O)OC)N2C. The molecule has 0 radical (unpaired) electrons. The number of fused-ring (bicyclic) bond motifs is 2. The zero-order valence-corrected chi connectivity index (χ0v) is 10.5. The van der Waals surface area contributed by atoms with Gasteiger partial charge in [-0.3, -0.25) is 14.5 Å². The molecule has 5 heteroatoms. The lowest BCUT2D eigenvalue weighted by Crippen LogP contribution is -2.45. The maximum absolute atomic E-state index is 11.9. The summed E-state index contributed by atoms with van der Waals surface area (Å²) in [7, 11) is 4.59. The number of methoxy groups -OCH3 is 2. The molecule has 4 unspecified atom stereocenters. The summed E-state index contributed by atoms with van der Waals surface area (Å²) >= 11 is 0. The maximum atomic E-state index is 11.9. The van der Waals surface area contributed by atoms with Crippen LogP contribution in [0.2, 0.25) is 0 Å². The Kier molecular flexibility index (Phi) is 2.73. The summed E-state index contributed by atoms with van der Waals surface area (Å²) < 4.78 is 9.62. The largest absolute Gasteiger partial charge is 0.469 e. The van der Waals surface area contributed by atoms with Crippen molar-refractivity contribution < 1.29 is 19.1 Å². The number of carbonyl (C=O) groups excluding carboxylic acids is 2. The van der Waals surface area contributed by atoms with E-state index in [0.717, 1.165) is 0 Å². The van der Waals surface area contributed by atoms with Gasteiger partial charge in [0, 0.05) is 6.04 Å². The van der Waals surface area contributed by atoms with Crippen molar-refractivity contribution in [3.05, 3.63) is 12.2 Å². The fourth-order valence-electron chi connectivity index (χ4n) is 3.03. The Balaban J connectivity index is 2.42. The van der Waals surface area contributed by atoms with Crippen molar-refractivity contribution in [3.63, 3.8) is 0 Å². The lowest BCUT2D eigenvalue weighted by atomic mass is 9.76. The summed E-state index contributed by atoms with van der Waals surface area (Å²) in [4.78, 5) is 25.8. The van der Waals surface area contributed by atoms with Gasteiger partial charge in [-0.15, -0.1) is 0 Å². The van der Waals surface area contributed by atoms with E-state index in [2.05, 4.69) is 0 Å². The normalized spacial score (nSPS) is 39.4. The van der Waals surface area contributed by atoms with Gasteiger partial charge in [0.05, 0.1) is 31.6 Å². The van der Waals surface area contributed by atoms with Gasteiger partial charge in [-0.05, 0) is 14.0 Å². The van der Waals surface area contributed by atoms with Crippen molar-refractivity contribution in [1.29, 1.82) is 0 Å². The van der Waals surface area contributed by atoms with Crippen LogP contribution in [0.4, 0.5) is 0 Å². The molecule has 0 aromatic rings. The first-order valence-electron chi connectivity index (χ1n) is 5.55. The van der Waals surface area contributed by atoms with Gasteiger partial charge in [0.25, 0.3) is 0 Å². The first-order valence-corrected chi connectivity index (χ1v) is 5.55. The summed E-state index contributed by atoms with van der Waals surface area (Å²) in [5, 5.41) is 0. The van der Waals surface area contributed by atoms with E-state index < -0.39 is 17.4 Å². The molecule has 1 saturated heterocycles. The Bertz CT molecular complexity index is 392. The predicted octanol–water partition coefficient (Wildman–Crippen LogP) is 0.207. The molecule has 0 aromatic heterocycles. The van der Waals surface area contributed by atoms with Crippen molar-refractivity contribution in [2.24, 2.45) is 11.8 Å². The van der Waals surface area contributed by atoms with E-state index in [1.807, 2.05) is 31.0 Å². The molecule has 2 bridgehead atoms. The monoisotopic (exact) mass is 239 g/mol. The minimum Gasteiger partial charge on any atom is -0.469 e. The van der Waals surface area contributed by atoms with Crippen LogP contribution < -0.4 is 0 Å². The lowest BCUT2D eigenvalue weighted by Gasteiger charge is -2.31. The van der Waals surface area contributed by atoms with Crippen molar-refractivity contribution in [1.82, 2.24) is 4.90 Å². The molecule has 0 aromatic carbocycles. The van der Waals surface area contributed by atoms with Crippen LogP contribution in [0, 0.1) is 11.8 Å². The second-order valence-electron chi connectivity index (χ2n) is 4.74. The van der Waals surface area contributed by atoms with E-state index in [1.54, 1.807) is 0 Å². The number of carbonyl (C=O) groups is 2. The molecule has 2 aliphatic rings. The van der Waals surface area contributed by atoms with Crippen molar-refractivity contribution in [2.75, 3.05) is 21.3 Å². The lowest BCUT2D eigenvalue weighted by molar-refractivity contribution is -0.157. The summed E-state index contributed by atoms with van der Waals surface area (Å²) in [5.74, 6) is -1.70. The zero-order chi connectivity index (χ0) is 12.8. The zero-order valence-electron chi connectivity index (χ0n) is 10.5. The van der Waals surface area contributed by atoms with Crippen LogP contribution in [0.25, 0.3) is 0 Å². The molecule has 0 amide bonds. The third-order valence-corrected chi connectivity index (χ3v) is 4.12. The molecule has 0 aliphatic carbocycles. The number of esters is 2. The molecule has 17 heavy (non-hydrogen) atoms. The molecule has 5 nitrogen and oxygen atoms in total. The third kappa shape index (κ3) is 1.42. The van der Waals surface area contributed by atoms with Gasteiger partial charge in [-0.2, -0.15) is 0 Å². The average Bonchev–Trinajstić information content (AvgIpc) is 2.73. The minimum absolute atomic E-state index is 0.0865.